The van der Waals surface area contributed by atoms with Gasteiger partial charge in [0.2, 0.25) is 5.91 Å². The van der Waals surface area contributed by atoms with Crippen molar-refractivity contribution in [1.82, 2.24) is 4.90 Å². The van der Waals surface area contributed by atoms with Gasteiger partial charge in [0.1, 0.15) is 0 Å². The van der Waals surface area contributed by atoms with Gasteiger partial charge in [-0.25, -0.2) is 0 Å². The van der Waals surface area contributed by atoms with Gasteiger partial charge in [0.25, 0.3) is 0 Å². The first-order valence-electron chi connectivity index (χ1n) is 4.12. The molecule has 0 aromatic heterocycles. The van der Waals surface area contributed by atoms with Gasteiger partial charge >= 0.3 is 0 Å². The Morgan fingerprint density at radius 3 is 2.33 bits per heavy atom. The predicted molar refractivity (Wildman–Crippen MR) is 50.7 cm³/mol. The first-order valence-corrected chi connectivity index (χ1v) is 4.12. The Morgan fingerprint density at radius 1 is 1.58 bits per heavy atom. The van der Waals surface area contributed by atoms with Crippen LogP contribution in [-0.2, 0) is 4.79 Å². The standard InChI is InChI=1S/C9H18N2O/c1-5-8(6-11(3)4)7(2)9(10)12/h8H,2,5-6H2,1,3-4H3,(H2,10,12). The molecule has 0 aliphatic heterocycles. The maximum Gasteiger partial charge on any atom is 0.244 e. The zero-order valence-electron chi connectivity index (χ0n) is 8.13. The van der Waals surface area contributed by atoms with Crippen LogP contribution in [-0.4, -0.2) is 31.4 Å². The van der Waals surface area contributed by atoms with Gasteiger partial charge < -0.3 is 10.6 Å². The van der Waals surface area contributed by atoms with Crippen LogP contribution in [0, 0.1) is 5.92 Å². The number of nitrogens with two attached hydrogens (primary N) is 1. The van der Waals surface area contributed by atoms with E-state index in [9.17, 15) is 4.79 Å². The molecule has 1 unspecified atom stereocenters. The molecule has 0 bridgehead atoms. The molecule has 1 amide bonds. The van der Waals surface area contributed by atoms with E-state index in [1.54, 1.807) is 0 Å². The van der Waals surface area contributed by atoms with Crippen LogP contribution in [0.15, 0.2) is 12.2 Å². The number of primary amides is 1. The molecule has 3 nitrogen and oxygen atoms in total. The van der Waals surface area contributed by atoms with Crippen LogP contribution >= 0.6 is 0 Å². The van der Waals surface area contributed by atoms with Crippen molar-refractivity contribution in [2.24, 2.45) is 11.7 Å². The van der Waals surface area contributed by atoms with E-state index < -0.39 is 0 Å². The van der Waals surface area contributed by atoms with Crippen LogP contribution in [0.4, 0.5) is 0 Å². The van der Waals surface area contributed by atoms with E-state index in [1.807, 2.05) is 25.9 Å². The summed E-state index contributed by atoms with van der Waals surface area (Å²) in [5, 5.41) is 0. The van der Waals surface area contributed by atoms with Gasteiger partial charge in [-0.2, -0.15) is 0 Å². The molecular weight excluding hydrogens is 152 g/mol. The molecule has 12 heavy (non-hydrogen) atoms. The number of rotatable bonds is 5. The van der Waals surface area contributed by atoms with Gasteiger partial charge in [-0.15, -0.1) is 0 Å². The van der Waals surface area contributed by atoms with E-state index in [4.69, 9.17) is 5.73 Å². The minimum Gasteiger partial charge on any atom is -0.366 e. The summed E-state index contributed by atoms with van der Waals surface area (Å²) in [6, 6.07) is 0. The van der Waals surface area contributed by atoms with Crippen molar-refractivity contribution in [3.8, 4) is 0 Å². The molecule has 0 aliphatic rings. The van der Waals surface area contributed by atoms with Crippen molar-refractivity contribution >= 4 is 5.91 Å². The molecule has 2 N–H and O–H groups in total. The molecule has 0 saturated carbocycles. The summed E-state index contributed by atoms with van der Waals surface area (Å²) in [4.78, 5) is 12.8. The van der Waals surface area contributed by atoms with Gasteiger partial charge in [0.05, 0.1) is 0 Å². The second-order valence-corrected chi connectivity index (χ2v) is 3.26. The van der Waals surface area contributed by atoms with Gasteiger partial charge in [0, 0.05) is 18.0 Å². The summed E-state index contributed by atoms with van der Waals surface area (Å²) in [6.07, 6.45) is 0.903. The number of hydrogen-bond donors (Lipinski definition) is 1. The summed E-state index contributed by atoms with van der Waals surface area (Å²) in [5.74, 6) is -0.193. The van der Waals surface area contributed by atoms with Gasteiger partial charge in [-0.3, -0.25) is 4.79 Å². The third-order valence-corrected chi connectivity index (χ3v) is 1.89. The molecule has 3 heteroatoms. The van der Waals surface area contributed by atoms with Gasteiger partial charge in [0.15, 0.2) is 0 Å². The lowest BCUT2D eigenvalue weighted by Gasteiger charge is -2.19. The fourth-order valence-electron chi connectivity index (χ4n) is 1.13. The number of amides is 1. The highest BCUT2D eigenvalue weighted by Crippen LogP contribution is 2.13. The summed E-state index contributed by atoms with van der Waals surface area (Å²) in [7, 11) is 3.94. The van der Waals surface area contributed by atoms with Gasteiger partial charge in [-0.1, -0.05) is 13.5 Å². The lowest BCUT2D eigenvalue weighted by Crippen LogP contribution is -2.27. The molecular formula is C9H18N2O. The minimum absolute atomic E-state index is 0.192. The first kappa shape index (κ1) is 11.2. The molecule has 0 fully saturated rings. The minimum atomic E-state index is -0.385. The van der Waals surface area contributed by atoms with E-state index in [0.717, 1.165) is 13.0 Å². The van der Waals surface area contributed by atoms with Crippen molar-refractivity contribution < 1.29 is 4.79 Å². The Hall–Kier alpha value is -0.830. The second-order valence-electron chi connectivity index (χ2n) is 3.26. The van der Waals surface area contributed by atoms with Gasteiger partial charge in [-0.05, 0) is 20.5 Å². The van der Waals surface area contributed by atoms with Crippen molar-refractivity contribution in [3.63, 3.8) is 0 Å². The topological polar surface area (TPSA) is 46.3 Å². The Balaban J connectivity index is 4.15. The lowest BCUT2D eigenvalue weighted by molar-refractivity contribution is -0.115. The molecule has 0 aromatic carbocycles. The van der Waals surface area contributed by atoms with E-state index in [1.165, 1.54) is 0 Å². The van der Waals surface area contributed by atoms with Crippen LogP contribution in [0.5, 0.6) is 0 Å². The van der Waals surface area contributed by atoms with Crippen LogP contribution in [0.25, 0.3) is 0 Å². The molecule has 0 aromatic rings. The summed E-state index contributed by atoms with van der Waals surface area (Å²) in [6.45, 7) is 6.54. The molecule has 0 spiro atoms. The monoisotopic (exact) mass is 170 g/mol. The van der Waals surface area contributed by atoms with E-state index in [2.05, 4.69) is 6.58 Å². The third-order valence-electron chi connectivity index (χ3n) is 1.89. The van der Waals surface area contributed by atoms with E-state index in [-0.39, 0.29) is 11.8 Å². The maximum absolute atomic E-state index is 10.8. The van der Waals surface area contributed by atoms with Crippen LogP contribution in [0.3, 0.4) is 0 Å². The number of hydrogen-bond acceptors (Lipinski definition) is 2. The zero-order valence-corrected chi connectivity index (χ0v) is 8.13. The largest absolute Gasteiger partial charge is 0.366 e. The van der Waals surface area contributed by atoms with Crippen LogP contribution < -0.4 is 5.73 Å². The van der Waals surface area contributed by atoms with Crippen LogP contribution in [0.2, 0.25) is 0 Å². The number of carbonyl (C=O) groups excluding carboxylic acids is 1. The molecule has 70 valence electrons. The molecule has 0 radical (unpaired) electrons. The molecule has 0 saturated heterocycles. The van der Waals surface area contributed by atoms with Crippen molar-refractivity contribution in [2.75, 3.05) is 20.6 Å². The van der Waals surface area contributed by atoms with Crippen molar-refractivity contribution in [3.05, 3.63) is 12.2 Å². The Kier molecular flexibility index (Phi) is 4.59. The molecule has 0 rings (SSSR count). The summed E-state index contributed by atoms with van der Waals surface area (Å²) < 4.78 is 0. The SMILES string of the molecule is C=C(C(N)=O)C(CC)CN(C)C. The van der Waals surface area contributed by atoms with Crippen molar-refractivity contribution in [1.29, 1.82) is 0 Å². The highest BCUT2D eigenvalue weighted by molar-refractivity contribution is 5.91. The number of nitrogens with zero attached hydrogens (tertiary/aromatic N) is 1. The maximum atomic E-state index is 10.8. The second kappa shape index (κ2) is 4.93. The lowest BCUT2D eigenvalue weighted by atomic mass is 9.97. The normalized spacial score (nSPS) is 13.0. The fourth-order valence-corrected chi connectivity index (χ4v) is 1.13. The predicted octanol–water partition coefficient (Wildman–Crippen LogP) is 0.616. The summed E-state index contributed by atoms with van der Waals surface area (Å²) in [5.41, 5.74) is 5.66. The average Bonchev–Trinajstić information content (AvgIpc) is 1.98. The van der Waals surface area contributed by atoms with E-state index in [0.29, 0.717) is 5.57 Å². The third kappa shape index (κ3) is 3.53. The summed E-state index contributed by atoms with van der Waals surface area (Å²) >= 11 is 0. The first-order chi connectivity index (χ1) is 5.49. The Bertz CT molecular complexity index is 175. The smallest absolute Gasteiger partial charge is 0.244 e. The Morgan fingerprint density at radius 2 is 2.08 bits per heavy atom. The highest BCUT2D eigenvalue weighted by Gasteiger charge is 2.15. The zero-order chi connectivity index (χ0) is 9.72. The Labute approximate surface area is 74.2 Å². The molecule has 1 atom stereocenters. The molecule has 0 aliphatic carbocycles. The quantitative estimate of drug-likeness (QED) is 0.615. The number of carbonyl (C=O) groups is 1. The molecule has 0 heterocycles. The van der Waals surface area contributed by atoms with E-state index >= 15 is 0 Å². The average molecular weight is 170 g/mol. The van der Waals surface area contributed by atoms with Crippen LogP contribution in [0.1, 0.15) is 13.3 Å². The fraction of sp³-hybridized carbons (Fsp3) is 0.667. The van der Waals surface area contributed by atoms with Crippen molar-refractivity contribution in [2.45, 2.75) is 13.3 Å². The highest BCUT2D eigenvalue weighted by atomic mass is 16.1.